The number of amides is 1. The Hall–Kier alpha value is -3.11. The van der Waals surface area contributed by atoms with Crippen molar-refractivity contribution < 1.29 is 13.2 Å². The Bertz CT molecular complexity index is 1150. The Balaban J connectivity index is 1.39. The van der Waals surface area contributed by atoms with Crippen molar-refractivity contribution in [1.82, 2.24) is 24.5 Å². The molecular formula is C21H24N6O3S. The van der Waals surface area contributed by atoms with Crippen molar-refractivity contribution in [2.45, 2.75) is 37.5 Å². The summed E-state index contributed by atoms with van der Waals surface area (Å²) in [5, 5.41) is 14.0. The number of hydrogen-bond donors (Lipinski definition) is 1. The highest BCUT2D eigenvalue weighted by Crippen LogP contribution is 2.21. The van der Waals surface area contributed by atoms with Crippen LogP contribution in [0.2, 0.25) is 0 Å². The third-order valence-electron chi connectivity index (χ3n) is 5.32. The number of piperidine rings is 1. The van der Waals surface area contributed by atoms with Gasteiger partial charge < -0.3 is 5.32 Å². The highest BCUT2D eigenvalue weighted by molar-refractivity contribution is 7.89. The van der Waals surface area contributed by atoms with Gasteiger partial charge in [0.15, 0.2) is 0 Å². The van der Waals surface area contributed by atoms with Gasteiger partial charge in [-0.1, -0.05) is 18.6 Å². The van der Waals surface area contributed by atoms with Crippen molar-refractivity contribution in [3.8, 4) is 5.69 Å². The lowest BCUT2D eigenvalue weighted by Gasteiger charge is -2.25. The minimum atomic E-state index is -3.47. The third-order valence-corrected chi connectivity index (χ3v) is 7.23. The number of benzene rings is 2. The molecule has 0 unspecified atom stereocenters. The lowest BCUT2D eigenvalue weighted by molar-refractivity contribution is -0.115. The molecule has 1 aromatic heterocycles. The molecule has 3 aromatic rings. The van der Waals surface area contributed by atoms with Gasteiger partial charge in [-0.15, -0.1) is 5.10 Å². The maximum Gasteiger partial charge on any atom is 0.243 e. The number of sulfonamides is 1. The summed E-state index contributed by atoms with van der Waals surface area (Å²) in [6, 6.07) is 12.0. The van der Waals surface area contributed by atoms with Crippen LogP contribution in [0.1, 0.15) is 30.4 Å². The van der Waals surface area contributed by atoms with Gasteiger partial charge in [0.1, 0.15) is 6.33 Å². The van der Waals surface area contributed by atoms with Crippen LogP contribution in [0.5, 0.6) is 0 Å². The fourth-order valence-electron chi connectivity index (χ4n) is 3.69. The van der Waals surface area contributed by atoms with Crippen LogP contribution in [0.15, 0.2) is 53.7 Å². The van der Waals surface area contributed by atoms with Gasteiger partial charge in [-0.3, -0.25) is 4.79 Å². The van der Waals surface area contributed by atoms with E-state index in [1.807, 2.05) is 19.1 Å². The van der Waals surface area contributed by atoms with Crippen LogP contribution in [0.25, 0.3) is 5.69 Å². The molecule has 0 saturated carbocycles. The predicted molar refractivity (Wildman–Crippen MR) is 115 cm³/mol. The predicted octanol–water partition coefficient (Wildman–Crippen LogP) is 2.33. The summed E-state index contributed by atoms with van der Waals surface area (Å²) in [6.45, 7) is 3.05. The van der Waals surface area contributed by atoms with Crippen LogP contribution >= 0.6 is 0 Å². The Labute approximate surface area is 181 Å². The van der Waals surface area contributed by atoms with Crippen molar-refractivity contribution in [3.63, 3.8) is 0 Å². The number of carbonyl (C=O) groups is 1. The van der Waals surface area contributed by atoms with Gasteiger partial charge in [0.2, 0.25) is 15.9 Å². The molecule has 0 atom stereocenters. The monoisotopic (exact) mass is 440 g/mol. The lowest BCUT2D eigenvalue weighted by Crippen LogP contribution is -2.35. The summed E-state index contributed by atoms with van der Waals surface area (Å²) in [5.74, 6) is -0.179. The van der Waals surface area contributed by atoms with Crippen LogP contribution in [-0.4, -0.2) is 51.9 Å². The Morgan fingerprint density at radius 3 is 2.45 bits per heavy atom. The van der Waals surface area contributed by atoms with Gasteiger partial charge in [0.25, 0.3) is 0 Å². The van der Waals surface area contributed by atoms with Crippen LogP contribution < -0.4 is 5.32 Å². The van der Waals surface area contributed by atoms with Gasteiger partial charge in [-0.05, 0) is 71.7 Å². The van der Waals surface area contributed by atoms with E-state index < -0.39 is 10.0 Å². The van der Waals surface area contributed by atoms with Crippen molar-refractivity contribution >= 4 is 21.6 Å². The Morgan fingerprint density at radius 1 is 1.06 bits per heavy atom. The van der Waals surface area contributed by atoms with Gasteiger partial charge >= 0.3 is 0 Å². The Morgan fingerprint density at radius 2 is 1.81 bits per heavy atom. The topological polar surface area (TPSA) is 110 Å². The molecule has 1 aliphatic heterocycles. The zero-order valence-electron chi connectivity index (χ0n) is 17.2. The Kier molecular flexibility index (Phi) is 6.10. The SMILES string of the molecule is Cc1cc(NC(=O)Cc2ccc(S(=O)(=O)N3CCCCC3)cc2)ccc1-n1cnnn1. The highest BCUT2D eigenvalue weighted by Gasteiger charge is 2.25. The second kappa shape index (κ2) is 8.94. The number of aromatic nitrogens is 4. The molecule has 0 bridgehead atoms. The minimum absolute atomic E-state index is 0.151. The van der Waals surface area contributed by atoms with E-state index in [9.17, 15) is 13.2 Å². The average Bonchev–Trinajstić information content (AvgIpc) is 3.29. The largest absolute Gasteiger partial charge is 0.326 e. The van der Waals surface area contributed by atoms with Crippen molar-refractivity contribution in [1.29, 1.82) is 0 Å². The molecule has 10 heteroatoms. The first kappa shape index (κ1) is 21.1. The van der Waals surface area contributed by atoms with E-state index in [0.29, 0.717) is 18.8 Å². The molecule has 31 heavy (non-hydrogen) atoms. The van der Waals surface area contributed by atoms with E-state index in [2.05, 4.69) is 20.8 Å². The summed E-state index contributed by atoms with van der Waals surface area (Å²) < 4.78 is 28.6. The second-order valence-corrected chi connectivity index (χ2v) is 9.53. The molecule has 162 valence electrons. The quantitative estimate of drug-likeness (QED) is 0.630. The summed E-state index contributed by atoms with van der Waals surface area (Å²) in [5.41, 5.74) is 3.16. The molecule has 9 nitrogen and oxygen atoms in total. The number of nitrogens with zero attached hydrogens (tertiary/aromatic N) is 5. The number of rotatable bonds is 6. The molecule has 1 N–H and O–H groups in total. The summed E-state index contributed by atoms with van der Waals surface area (Å²) >= 11 is 0. The van der Waals surface area contributed by atoms with Crippen LogP contribution in [-0.2, 0) is 21.2 Å². The number of aryl methyl sites for hydroxylation is 1. The van der Waals surface area contributed by atoms with Crippen LogP contribution in [0, 0.1) is 6.92 Å². The van der Waals surface area contributed by atoms with E-state index in [4.69, 9.17) is 0 Å². The standard InChI is InChI=1S/C21H24N6O3S/c1-16-13-18(7-10-20(16)27-15-22-24-25-27)23-21(28)14-17-5-8-19(9-6-17)31(29,30)26-11-3-2-4-12-26/h5-10,13,15H,2-4,11-12,14H2,1H3,(H,23,28). The molecule has 0 radical (unpaired) electrons. The molecule has 1 amide bonds. The molecule has 1 saturated heterocycles. The zero-order valence-corrected chi connectivity index (χ0v) is 18.0. The van der Waals surface area contributed by atoms with Crippen molar-refractivity contribution in [3.05, 3.63) is 59.9 Å². The average molecular weight is 441 g/mol. The molecule has 1 fully saturated rings. The van der Waals surface area contributed by atoms with Gasteiger partial charge in [-0.25, -0.2) is 13.1 Å². The minimum Gasteiger partial charge on any atom is -0.326 e. The van der Waals surface area contributed by atoms with Gasteiger partial charge in [0.05, 0.1) is 17.0 Å². The first-order valence-corrected chi connectivity index (χ1v) is 11.6. The molecule has 0 spiro atoms. The van der Waals surface area contributed by atoms with Gasteiger partial charge in [-0.2, -0.15) is 4.31 Å². The molecule has 4 rings (SSSR count). The van der Waals surface area contributed by atoms with E-state index in [-0.39, 0.29) is 17.2 Å². The van der Waals surface area contributed by atoms with Crippen LogP contribution in [0.4, 0.5) is 5.69 Å². The summed E-state index contributed by atoms with van der Waals surface area (Å²) in [6.07, 6.45) is 4.52. The summed E-state index contributed by atoms with van der Waals surface area (Å²) in [7, 11) is -3.47. The number of hydrogen-bond acceptors (Lipinski definition) is 6. The molecule has 0 aliphatic carbocycles. The first-order valence-electron chi connectivity index (χ1n) is 10.2. The van der Waals surface area contributed by atoms with E-state index in [1.54, 1.807) is 39.3 Å². The van der Waals surface area contributed by atoms with E-state index in [0.717, 1.165) is 36.1 Å². The first-order chi connectivity index (χ1) is 14.9. The maximum absolute atomic E-state index is 12.7. The van der Waals surface area contributed by atoms with E-state index in [1.165, 1.54) is 6.33 Å². The highest BCUT2D eigenvalue weighted by atomic mass is 32.2. The molecular weight excluding hydrogens is 416 g/mol. The molecule has 1 aliphatic rings. The summed E-state index contributed by atoms with van der Waals surface area (Å²) in [4.78, 5) is 12.7. The fraction of sp³-hybridized carbons (Fsp3) is 0.333. The number of tetrazole rings is 1. The zero-order chi connectivity index (χ0) is 21.8. The third kappa shape index (κ3) is 4.80. The lowest BCUT2D eigenvalue weighted by atomic mass is 10.1. The second-order valence-electron chi connectivity index (χ2n) is 7.59. The normalized spacial score (nSPS) is 15.0. The number of carbonyl (C=O) groups excluding carboxylic acids is 1. The van der Waals surface area contributed by atoms with Crippen molar-refractivity contribution in [2.75, 3.05) is 18.4 Å². The molecule has 2 aromatic carbocycles. The van der Waals surface area contributed by atoms with E-state index >= 15 is 0 Å². The number of nitrogens with one attached hydrogen (secondary N) is 1. The van der Waals surface area contributed by atoms with Crippen molar-refractivity contribution in [2.24, 2.45) is 0 Å². The fourth-order valence-corrected chi connectivity index (χ4v) is 5.20. The van der Waals surface area contributed by atoms with Gasteiger partial charge in [0, 0.05) is 18.8 Å². The maximum atomic E-state index is 12.7. The van der Waals surface area contributed by atoms with Crippen LogP contribution in [0.3, 0.4) is 0 Å². The molecule has 2 heterocycles. The smallest absolute Gasteiger partial charge is 0.243 e. The number of anilines is 1.